The predicted molar refractivity (Wildman–Crippen MR) is 104 cm³/mol. The molecular weight excluding hydrogens is 360 g/mol. The van der Waals surface area contributed by atoms with Crippen LogP contribution in [0.4, 0.5) is 0 Å². The lowest BCUT2D eigenvalue weighted by molar-refractivity contribution is 0.0994. The highest BCUT2D eigenvalue weighted by Gasteiger charge is 2.16. The number of hydrogen-bond acceptors (Lipinski definition) is 6. The Balaban J connectivity index is 2.14. The topological polar surface area (TPSA) is 109 Å². The molecule has 2 heterocycles. The maximum absolute atomic E-state index is 12.0. The summed E-state index contributed by atoms with van der Waals surface area (Å²) in [5.41, 5.74) is 7.70. The number of primary amides is 1. The van der Waals surface area contributed by atoms with E-state index in [1.165, 1.54) is 17.7 Å². The zero-order valence-corrected chi connectivity index (χ0v) is 16.0. The van der Waals surface area contributed by atoms with E-state index < -0.39 is 5.91 Å². The van der Waals surface area contributed by atoms with E-state index in [0.717, 1.165) is 5.56 Å². The van der Waals surface area contributed by atoms with Crippen molar-refractivity contribution in [1.82, 2.24) is 14.5 Å². The first kappa shape index (κ1) is 19.1. The quantitative estimate of drug-likeness (QED) is 0.728. The molecule has 1 amide bonds. The molecule has 0 unspecified atom stereocenters. The molecule has 3 aromatic rings. The summed E-state index contributed by atoms with van der Waals surface area (Å²) in [6, 6.07) is 8.53. The van der Waals surface area contributed by atoms with E-state index >= 15 is 0 Å². The molecule has 144 valence electrons. The summed E-state index contributed by atoms with van der Waals surface area (Å²) in [5, 5.41) is 0. The third-order valence-electron chi connectivity index (χ3n) is 4.21. The molecule has 8 heteroatoms. The molecule has 2 aromatic heterocycles. The minimum Gasteiger partial charge on any atom is -0.493 e. The van der Waals surface area contributed by atoms with Crippen LogP contribution in [0.2, 0.25) is 0 Å². The SMILES string of the molecule is COc1cccc(C)c1Oc1nc(C(N)=O)cc(-c2cc(C)c(=O)n(C)c2)n1. The lowest BCUT2D eigenvalue weighted by Gasteiger charge is -2.13. The Morgan fingerprint density at radius 2 is 1.89 bits per heavy atom. The van der Waals surface area contributed by atoms with Crippen LogP contribution >= 0.6 is 0 Å². The molecule has 0 saturated heterocycles. The average molecular weight is 380 g/mol. The van der Waals surface area contributed by atoms with Gasteiger partial charge in [-0.1, -0.05) is 12.1 Å². The first-order chi connectivity index (χ1) is 13.3. The number of aryl methyl sites for hydroxylation is 3. The average Bonchev–Trinajstić information content (AvgIpc) is 2.67. The van der Waals surface area contributed by atoms with Crippen molar-refractivity contribution < 1.29 is 14.3 Å². The van der Waals surface area contributed by atoms with Gasteiger partial charge in [-0.05, 0) is 37.6 Å². The van der Waals surface area contributed by atoms with Gasteiger partial charge in [0.1, 0.15) is 5.69 Å². The largest absolute Gasteiger partial charge is 0.493 e. The van der Waals surface area contributed by atoms with Gasteiger partial charge in [-0.15, -0.1) is 0 Å². The number of aromatic nitrogens is 3. The van der Waals surface area contributed by atoms with E-state index in [-0.39, 0.29) is 17.3 Å². The Morgan fingerprint density at radius 1 is 1.14 bits per heavy atom. The Labute approximate surface area is 161 Å². The lowest BCUT2D eigenvalue weighted by atomic mass is 10.1. The van der Waals surface area contributed by atoms with Crippen LogP contribution in [0.1, 0.15) is 21.6 Å². The van der Waals surface area contributed by atoms with Crippen molar-refractivity contribution in [1.29, 1.82) is 0 Å². The third kappa shape index (κ3) is 3.71. The van der Waals surface area contributed by atoms with Crippen LogP contribution in [0, 0.1) is 13.8 Å². The molecule has 8 nitrogen and oxygen atoms in total. The van der Waals surface area contributed by atoms with Crippen molar-refractivity contribution in [2.45, 2.75) is 13.8 Å². The highest BCUT2D eigenvalue weighted by molar-refractivity contribution is 5.91. The zero-order chi connectivity index (χ0) is 20.4. The third-order valence-corrected chi connectivity index (χ3v) is 4.21. The summed E-state index contributed by atoms with van der Waals surface area (Å²) in [5.74, 6) is 0.230. The molecule has 2 N–H and O–H groups in total. The Morgan fingerprint density at radius 3 is 2.54 bits per heavy atom. The van der Waals surface area contributed by atoms with E-state index in [2.05, 4.69) is 9.97 Å². The van der Waals surface area contributed by atoms with E-state index in [1.54, 1.807) is 32.3 Å². The summed E-state index contributed by atoms with van der Waals surface area (Å²) in [4.78, 5) is 32.2. The monoisotopic (exact) mass is 380 g/mol. The molecule has 3 rings (SSSR count). The molecule has 0 aliphatic carbocycles. The molecular formula is C20H20N4O4. The van der Waals surface area contributed by atoms with Crippen LogP contribution in [0.3, 0.4) is 0 Å². The second kappa shape index (κ2) is 7.51. The number of carbonyl (C=O) groups excluding carboxylic acids is 1. The molecule has 1 aromatic carbocycles. The predicted octanol–water partition coefficient (Wildman–Crippen LogP) is 2.36. The highest BCUT2D eigenvalue weighted by atomic mass is 16.5. The molecule has 0 aliphatic rings. The van der Waals surface area contributed by atoms with Crippen LogP contribution in [-0.4, -0.2) is 27.6 Å². The van der Waals surface area contributed by atoms with Crippen molar-refractivity contribution in [2.75, 3.05) is 7.11 Å². The second-order valence-corrected chi connectivity index (χ2v) is 6.32. The number of benzene rings is 1. The number of methoxy groups -OCH3 is 1. The number of nitrogens with two attached hydrogens (primary N) is 1. The number of hydrogen-bond donors (Lipinski definition) is 1. The van der Waals surface area contributed by atoms with Gasteiger partial charge in [0, 0.05) is 24.4 Å². The first-order valence-electron chi connectivity index (χ1n) is 8.48. The van der Waals surface area contributed by atoms with Gasteiger partial charge < -0.3 is 19.8 Å². The molecule has 0 spiro atoms. The van der Waals surface area contributed by atoms with Crippen LogP contribution in [0.5, 0.6) is 17.5 Å². The number of ether oxygens (including phenoxy) is 2. The fourth-order valence-corrected chi connectivity index (χ4v) is 2.77. The van der Waals surface area contributed by atoms with Gasteiger partial charge in [-0.2, -0.15) is 9.97 Å². The van der Waals surface area contributed by atoms with Gasteiger partial charge in [0.2, 0.25) is 0 Å². The van der Waals surface area contributed by atoms with Crippen molar-refractivity contribution in [3.05, 3.63) is 63.7 Å². The smallest absolute Gasteiger partial charge is 0.323 e. The second-order valence-electron chi connectivity index (χ2n) is 6.32. The fourth-order valence-electron chi connectivity index (χ4n) is 2.77. The van der Waals surface area contributed by atoms with Gasteiger partial charge >= 0.3 is 6.01 Å². The summed E-state index contributed by atoms with van der Waals surface area (Å²) in [6.45, 7) is 3.56. The van der Waals surface area contributed by atoms with Gasteiger partial charge in [0.05, 0.1) is 12.8 Å². The van der Waals surface area contributed by atoms with E-state index in [9.17, 15) is 9.59 Å². The number of carbonyl (C=O) groups is 1. The Hall–Kier alpha value is -3.68. The minimum absolute atomic E-state index is 0.000873. The summed E-state index contributed by atoms with van der Waals surface area (Å²) >= 11 is 0. The van der Waals surface area contributed by atoms with Crippen molar-refractivity contribution >= 4 is 5.91 Å². The standard InChI is InChI=1S/C20H20N4O4/c1-11-6-5-7-16(27-4)17(11)28-20-22-14(9-15(23-20)18(21)25)13-8-12(2)19(26)24(3)10-13/h5-10H,1-4H3,(H2,21,25). The number of nitrogens with zero attached hydrogens (tertiary/aromatic N) is 3. The number of amides is 1. The molecule has 0 aliphatic heterocycles. The molecule has 28 heavy (non-hydrogen) atoms. The van der Waals surface area contributed by atoms with Gasteiger partial charge in [-0.25, -0.2) is 0 Å². The minimum atomic E-state index is -0.716. The van der Waals surface area contributed by atoms with Gasteiger partial charge in [0.25, 0.3) is 11.5 Å². The van der Waals surface area contributed by atoms with Crippen molar-refractivity contribution in [3.63, 3.8) is 0 Å². The number of para-hydroxylation sites is 1. The highest BCUT2D eigenvalue weighted by Crippen LogP contribution is 2.34. The van der Waals surface area contributed by atoms with Crippen molar-refractivity contribution in [2.24, 2.45) is 12.8 Å². The van der Waals surface area contributed by atoms with E-state index in [4.69, 9.17) is 15.2 Å². The van der Waals surface area contributed by atoms with Crippen molar-refractivity contribution in [3.8, 4) is 28.8 Å². The Kier molecular flexibility index (Phi) is 5.12. The molecule has 0 fully saturated rings. The summed E-state index contributed by atoms with van der Waals surface area (Å²) < 4.78 is 12.6. The molecule has 0 bridgehead atoms. The fraction of sp³-hybridized carbons (Fsp3) is 0.200. The molecule has 0 atom stereocenters. The Bertz CT molecular complexity index is 1100. The summed E-state index contributed by atoms with van der Waals surface area (Å²) in [7, 11) is 3.17. The molecule has 0 saturated carbocycles. The van der Waals surface area contributed by atoms with Crippen LogP contribution in [0.15, 0.2) is 41.3 Å². The lowest BCUT2D eigenvalue weighted by Crippen LogP contribution is -2.19. The number of rotatable bonds is 5. The van der Waals surface area contributed by atoms with Gasteiger partial charge in [-0.3, -0.25) is 9.59 Å². The normalized spacial score (nSPS) is 10.6. The maximum Gasteiger partial charge on any atom is 0.323 e. The maximum atomic E-state index is 12.0. The summed E-state index contributed by atoms with van der Waals surface area (Å²) in [6.07, 6.45) is 1.63. The van der Waals surface area contributed by atoms with Crippen LogP contribution < -0.4 is 20.8 Å². The molecule has 0 radical (unpaired) electrons. The van der Waals surface area contributed by atoms with Crippen LogP contribution in [0.25, 0.3) is 11.3 Å². The van der Waals surface area contributed by atoms with E-state index in [1.807, 2.05) is 19.1 Å². The number of pyridine rings is 1. The first-order valence-corrected chi connectivity index (χ1v) is 8.48. The van der Waals surface area contributed by atoms with Gasteiger partial charge in [0.15, 0.2) is 11.5 Å². The zero-order valence-electron chi connectivity index (χ0n) is 16.0. The van der Waals surface area contributed by atoms with E-state index in [0.29, 0.717) is 28.3 Å². The van der Waals surface area contributed by atoms with Crippen LogP contribution in [-0.2, 0) is 7.05 Å².